The summed E-state index contributed by atoms with van der Waals surface area (Å²) in [6, 6.07) is 22.5. The Morgan fingerprint density at radius 1 is 0.773 bits per heavy atom. The number of methoxy groups -OCH3 is 1. The first kappa shape index (κ1) is 28.8. The van der Waals surface area contributed by atoms with Gasteiger partial charge in [-0.15, -0.1) is 0 Å². The second-order valence-electron chi connectivity index (χ2n) is 12.1. The van der Waals surface area contributed by atoms with Crippen LogP contribution in [0.5, 0.6) is 11.5 Å². The maximum absolute atomic E-state index is 14.2. The summed E-state index contributed by atoms with van der Waals surface area (Å²) in [6.07, 6.45) is 2.75. The molecule has 2 aliphatic heterocycles. The molecule has 0 bridgehead atoms. The molecule has 0 radical (unpaired) electrons. The van der Waals surface area contributed by atoms with E-state index < -0.39 is 29.6 Å². The fraction of sp³-hybridized carbons (Fsp3) is 0.314. The zero-order chi connectivity index (χ0) is 30.7. The first-order valence-corrected chi connectivity index (χ1v) is 15.9. The maximum Gasteiger partial charge on any atom is 0.234 e. The number of likely N-dealkylation sites (tertiary alicyclic amines) is 2. The van der Waals surface area contributed by atoms with Gasteiger partial charge in [-0.2, -0.15) is 0 Å². The third kappa shape index (κ3) is 4.55. The summed E-state index contributed by atoms with van der Waals surface area (Å²) in [7, 11) is 1.47. The molecule has 9 heteroatoms. The molecule has 224 valence electrons. The second-order valence-corrected chi connectivity index (χ2v) is 13.2. The molecule has 3 aromatic carbocycles. The fourth-order valence-corrected chi connectivity index (χ4v) is 8.49. The normalized spacial score (nSPS) is 27.6. The summed E-state index contributed by atoms with van der Waals surface area (Å²) < 4.78 is 6.04. The number of allylic oxidation sites excluding steroid dienone is 2. The van der Waals surface area contributed by atoms with Crippen LogP contribution < -0.4 is 4.74 Å². The highest BCUT2D eigenvalue weighted by Crippen LogP contribution is 2.58. The molecule has 2 heterocycles. The lowest BCUT2D eigenvalue weighted by Gasteiger charge is -2.44. The van der Waals surface area contributed by atoms with Crippen LogP contribution >= 0.6 is 22.6 Å². The van der Waals surface area contributed by atoms with E-state index in [1.165, 1.54) is 16.9 Å². The van der Waals surface area contributed by atoms with Crippen LogP contribution in [0.25, 0.3) is 0 Å². The van der Waals surface area contributed by atoms with E-state index in [-0.39, 0.29) is 54.1 Å². The minimum absolute atomic E-state index is 0.00565. The first-order chi connectivity index (χ1) is 21.3. The van der Waals surface area contributed by atoms with Crippen molar-refractivity contribution in [3.05, 3.63) is 105 Å². The van der Waals surface area contributed by atoms with E-state index in [2.05, 4.69) is 0 Å². The van der Waals surface area contributed by atoms with Crippen LogP contribution in [-0.2, 0) is 32.3 Å². The van der Waals surface area contributed by atoms with Crippen molar-refractivity contribution in [3.8, 4) is 11.5 Å². The van der Waals surface area contributed by atoms with Crippen molar-refractivity contribution in [3.63, 3.8) is 0 Å². The van der Waals surface area contributed by atoms with Gasteiger partial charge in [-0.05, 0) is 70.2 Å². The summed E-state index contributed by atoms with van der Waals surface area (Å²) >= 11 is 2.04. The smallest absolute Gasteiger partial charge is 0.234 e. The highest BCUT2D eigenvalue weighted by Gasteiger charge is 2.61. The Bertz CT molecular complexity index is 1710. The van der Waals surface area contributed by atoms with E-state index in [1.54, 1.807) is 6.07 Å². The number of carbonyl (C=O) groups is 4. The molecule has 0 unspecified atom stereocenters. The Labute approximate surface area is 268 Å². The predicted molar refractivity (Wildman–Crippen MR) is 169 cm³/mol. The number of hydrogen-bond donors (Lipinski definition) is 1. The lowest BCUT2D eigenvalue weighted by Crippen LogP contribution is -2.43. The molecule has 8 nitrogen and oxygen atoms in total. The number of halogens is 1. The summed E-state index contributed by atoms with van der Waals surface area (Å²) in [4.78, 5) is 58.7. The topological polar surface area (TPSA) is 104 Å². The minimum atomic E-state index is -0.664. The average Bonchev–Trinajstić information content (AvgIpc) is 3.42. The van der Waals surface area contributed by atoms with Crippen LogP contribution in [0.2, 0.25) is 0 Å². The van der Waals surface area contributed by atoms with Crippen molar-refractivity contribution in [1.82, 2.24) is 9.80 Å². The van der Waals surface area contributed by atoms with Gasteiger partial charge in [0.05, 0.1) is 47.4 Å². The second kappa shape index (κ2) is 11.2. The maximum atomic E-state index is 14.2. The van der Waals surface area contributed by atoms with Crippen molar-refractivity contribution in [1.29, 1.82) is 0 Å². The molecule has 2 saturated heterocycles. The van der Waals surface area contributed by atoms with Crippen LogP contribution in [-0.4, -0.2) is 45.6 Å². The summed E-state index contributed by atoms with van der Waals surface area (Å²) in [5.74, 6) is -3.88. The quantitative estimate of drug-likeness (QED) is 0.220. The number of amides is 4. The van der Waals surface area contributed by atoms with Crippen molar-refractivity contribution in [2.24, 2.45) is 29.6 Å². The highest BCUT2D eigenvalue weighted by molar-refractivity contribution is 14.1. The molecular weight excluding hydrogens is 671 g/mol. The van der Waals surface area contributed by atoms with Gasteiger partial charge in [0.2, 0.25) is 23.6 Å². The monoisotopic (exact) mass is 702 g/mol. The van der Waals surface area contributed by atoms with Crippen LogP contribution in [0, 0.1) is 33.2 Å². The highest BCUT2D eigenvalue weighted by atomic mass is 127. The molecule has 0 aromatic heterocycles. The molecule has 1 saturated carbocycles. The zero-order valence-corrected chi connectivity index (χ0v) is 26.2. The van der Waals surface area contributed by atoms with Gasteiger partial charge in [-0.1, -0.05) is 72.3 Å². The number of hydrogen-bond acceptors (Lipinski definition) is 6. The molecule has 4 aliphatic rings. The van der Waals surface area contributed by atoms with E-state index in [4.69, 9.17) is 4.74 Å². The van der Waals surface area contributed by atoms with Crippen LogP contribution in [0.15, 0.2) is 84.4 Å². The Morgan fingerprint density at radius 2 is 1.34 bits per heavy atom. The van der Waals surface area contributed by atoms with Gasteiger partial charge in [-0.25, -0.2) is 0 Å². The predicted octanol–water partition coefficient (Wildman–Crippen LogP) is 5.04. The Morgan fingerprint density at radius 3 is 1.93 bits per heavy atom. The lowest BCUT2D eigenvalue weighted by atomic mass is 9.57. The van der Waals surface area contributed by atoms with Gasteiger partial charge in [0.15, 0.2) is 11.5 Å². The number of rotatable bonds is 6. The molecule has 3 fully saturated rings. The van der Waals surface area contributed by atoms with Crippen molar-refractivity contribution >= 4 is 46.2 Å². The van der Waals surface area contributed by atoms with Gasteiger partial charge in [-0.3, -0.25) is 29.0 Å². The van der Waals surface area contributed by atoms with Crippen LogP contribution in [0.4, 0.5) is 0 Å². The third-order valence-electron chi connectivity index (χ3n) is 9.83. The Balaban J connectivity index is 1.30. The van der Waals surface area contributed by atoms with Gasteiger partial charge >= 0.3 is 0 Å². The molecule has 3 aromatic rings. The van der Waals surface area contributed by atoms with Crippen molar-refractivity contribution in [2.75, 3.05) is 7.11 Å². The largest absolute Gasteiger partial charge is 0.504 e. The molecule has 6 atom stereocenters. The summed E-state index contributed by atoms with van der Waals surface area (Å²) in [5, 5.41) is 10.6. The van der Waals surface area contributed by atoms with Crippen molar-refractivity contribution < 1.29 is 29.0 Å². The number of nitrogens with zero attached hydrogens (tertiary/aromatic N) is 2. The van der Waals surface area contributed by atoms with E-state index in [0.717, 1.165) is 22.3 Å². The molecule has 7 rings (SSSR count). The molecular formula is C35H31IN2O6. The molecule has 44 heavy (non-hydrogen) atoms. The summed E-state index contributed by atoms with van der Waals surface area (Å²) in [5.41, 5.74) is 3.40. The van der Waals surface area contributed by atoms with E-state index in [0.29, 0.717) is 16.4 Å². The molecule has 1 N–H and O–H groups in total. The Hall–Kier alpha value is -3.99. The molecule has 2 aliphatic carbocycles. The number of phenols is 1. The average molecular weight is 703 g/mol. The SMILES string of the molecule is COc1cc([C@H]2C3=CC[C@@H]4C(=O)N(Cc5ccccc5)C(=O)[C@@H]4[C@@H]3C[C@H]3C(=O)N(Cc4ccccc4)C(=O)[C@@H]23)cc(I)c1O. The van der Waals surface area contributed by atoms with E-state index >= 15 is 0 Å². The molecule has 4 amide bonds. The lowest BCUT2D eigenvalue weighted by molar-refractivity contribution is -0.142. The third-order valence-corrected chi connectivity index (χ3v) is 10.7. The number of aromatic hydroxyl groups is 1. The van der Waals surface area contributed by atoms with Gasteiger partial charge < -0.3 is 9.84 Å². The first-order valence-electron chi connectivity index (χ1n) is 14.8. The van der Waals surface area contributed by atoms with Crippen LogP contribution in [0.3, 0.4) is 0 Å². The number of carbonyl (C=O) groups excluding carboxylic acids is 4. The van der Waals surface area contributed by atoms with Crippen LogP contribution in [0.1, 0.15) is 35.4 Å². The van der Waals surface area contributed by atoms with Gasteiger partial charge in [0.1, 0.15) is 0 Å². The number of phenolic OH excluding ortho intramolecular Hbond substituents is 1. The molecule has 0 spiro atoms. The number of imide groups is 2. The zero-order valence-electron chi connectivity index (χ0n) is 24.1. The van der Waals surface area contributed by atoms with Gasteiger partial charge in [0, 0.05) is 5.92 Å². The fourth-order valence-electron chi connectivity index (χ4n) is 7.87. The Kier molecular flexibility index (Phi) is 7.31. The van der Waals surface area contributed by atoms with Crippen molar-refractivity contribution in [2.45, 2.75) is 31.8 Å². The van der Waals surface area contributed by atoms with Gasteiger partial charge in [0.25, 0.3) is 0 Å². The number of fused-ring (bicyclic) bond motifs is 4. The standard InChI is InChI=1S/C35H31IN2O6/c1-44-27-15-21(14-26(36)31(27)39)28-22-12-13-23-29(34(42)37(32(23)40)17-19-8-4-2-5-9-19)24(22)16-25-30(28)35(43)38(33(25)41)18-20-10-6-3-7-11-20/h2-12,14-15,23-25,28-30,39H,13,16-18H2,1H3/t23-,24+,25+,28-,29-,30+/m0/s1. The summed E-state index contributed by atoms with van der Waals surface area (Å²) in [6.45, 7) is 0.380. The van der Waals surface area contributed by atoms with E-state index in [9.17, 15) is 24.3 Å². The minimum Gasteiger partial charge on any atom is -0.504 e. The number of benzene rings is 3. The number of ether oxygens (including phenoxy) is 1. The van der Waals surface area contributed by atoms with E-state index in [1.807, 2.05) is 95.4 Å².